The van der Waals surface area contributed by atoms with Crippen LogP contribution in [0.1, 0.15) is 43.5 Å². The lowest BCUT2D eigenvalue weighted by Crippen LogP contribution is -2.49. The molecule has 1 aromatic carbocycles. The zero-order chi connectivity index (χ0) is 20.9. The number of esters is 1. The van der Waals surface area contributed by atoms with E-state index in [4.69, 9.17) is 9.47 Å². The van der Waals surface area contributed by atoms with Crippen molar-refractivity contribution in [3.05, 3.63) is 47.3 Å². The summed E-state index contributed by atoms with van der Waals surface area (Å²) >= 11 is 0. The molecule has 0 aliphatic carbocycles. The number of carbonyl (C=O) groups excluding carboxylic acids is 1. The fourth-order valence-corrected chi connectivity index (χ4v) is 4.40. The lowest BCUT2D eigenvalue weighted by atomic mass is 9.75. The molecule has 0 radical (unpaired) electrons. The third-order valence-corrected chi connectivity index (χ3v) is 5.94. The van der Waals surface area contributed by atoms with E-state index in [9.17, 15) is 4.79 Å². The average molecular weight is 400 g/mol. The van der Waals surface area contributed by atoms with Crippen LogP contribution in [0.5, 0.6) is 5.75 Å². The lowest BCUT2D eigenvalue weighted by Gasteiger charge is -2.41. The molecular formula is C23H33N3O3. The Labute approximate surface area is 173 Å². The zero-order valence-electron chi connectivity index (χ0n) is 18.1. The summed E-state index contributed by atoms with van der Waals surface area (Å²) in [7, 11) is 1.67. The highest BCUT2D eigenvalue weighted by Crippen LogP contribution is 2.36. The molecule has 29 heavy (non-hydrogen) atoms. The maximum absolute atomic E-state index is 13.1. The van der Waals surface area contributed by atoms with Gasteiger partial charge in [0.1, 0.15) is 5.75 Å². The van der Waals surface area contributed by atoms with Crippen molar-refractivity contribution < 1.29 is 14.3 Å². The highest BCUT2D eigenvalue weighted by Gasteiger charge is 2.43. The summed E-state index contributed by atoms with van der Waals surface area (Å²) in [6.45, 7) is 9.85. The van der Waals surface area contributed by atoms with Gasteiger partial charge >= 0.3 is 5.97 Å². The number of methoxy groups -OCH3 is 1. The summed E-state index contributed by atoms with van der Waals surface area (Å²) in [5, 5.41) is 4.47. The van der Waals surface area contributed by atoms with Crippen LogP contribution in [0.25, 0.3) is 0 Å². The van der Waals surface area contributed by atoms with Crippen LogP contribution in [0.2, 0.25) is 0 Å². The number of carbonyl (C=O) groups is 1. The van der Waals surface area contributed by atoms with E-state index in [2.05, 4.69) is 29.9 Å². The highest BCUT2D eigenvalue weighted by atomic mass is 16.5. The fourth-order valence-electron chi connectivity index (χ4n) is 4.40. The van der Waals surface area contributed by atoms with Gasteiger partial charge in [-0.15, -0.1) is 0 Å². The molecule has 1 saturated heterocycles. The number of hydrogen-bond acceptors (Lipinski definition) is 5. The normalized spacial score (nSPS) is 19.9. The van der Waals surface area contributed by atoms with Crippen LogP contribution in [0.3, 0.4) is 0 Å². The van der Waals surface area contributed by atoms with Gasteiger partial charge in [-0.05, 0) is 64.3 Å². The van der Waals surface area contributed by atoms with E-state index in [1.54, 1.807) is 7.11 Å². The number of benzene rings is 1. The van der Waals surface area contributed by atoms with Gasteiger partial charge in [-0.2, -0.15) is 5.10 Å². The van der Waals surface area contributed by atoms with Crippen LogP contribution in [0.4, 0.5) is 0 Å². The molecule has 6 nitrogen and oxygen atoms in total. The quantitative estimate of drug-likeness (QED) is 0.635. The van der Waals surface area contributed by atoms with Gasteiger partial charge in [0.15, 0.2) is 0 Å². The molecule has 0 bridgehead atoms. The first-order valence-electron chi connectivity index (χ1n) is 10.5. The van der Waals surface area contributed by atoms with Crippen molar-refractivity contribution in [2.75, 3.05) is 26.8 Å². The van der Waals surface area contributed by atoms with E-state index in [1.165, 1.54) is 11.3 Å². The smallest absolute Gasteiger partial charge is 0.313 e. The van der Waals surface area contributed by atoms with Gasteiger partial charge in [-0.3, -0.25) is 14.4 Å². The van der Waals surface area contributed by atoms with Crippen molar-refractivity contribution in [3.63, 3.8) is 0 Å². The number of aryl methyl sites for hydroxylation is 1. The van der Waals surface area contributed by atoms with Crippen LogP contribution < -0.4 is 4.74 Å². The number of piperidine rings is 1. The second-order valence-corrected chi connectivity index (χ2v) is 7.91. The standard InChI is InChI=1S/C23H33N3O3/c1-5-26-18(3)20(15-24-26)16-25-12-8-11-23(17-25,22(27)29-6-2)14-19-9-7-10-21(13-19)28-4/h7,9-10,13,15H,5-6,8,11-12,14,16-17H2,1-4H3. The Morgan fingerprint density at radius 3 is 2.83 bits per heavy atom. The largest absolute Gasteiger partial charge is 0.497 e. The van der Waals surface area contributed by atoms with E-state index < -0.39 is 5.41 Å². The summed E-state index contributed by atoms with van der Waals surface area (Å²) < 4.78 is 12.9. The second kappa shape index (κ2) is 9.44. The first-order valence-corrected chi connectivity index (χ1v) is 10.5. The van der Waals surface area contributed by atoms with Gasteiger partial charge < -0.3 is 9.47 Å². The summed E-state index contributed by atoms with van der Waals surface area (Å²) in [5.74, 6) is 0.727. The molecule has 0 amide bonds. The van der Waals surface area contributed by atoms with Gasteiger partial charge in [0.25, 0.3) is 0 Å². The lowest BCUT2D eigenvalue weighted by molar-refractivity contribution is -0.159. The zero-order valence-corrected chi connectivity index (χ0v) is 18.1. The molecule has 1 atom stereocenters. The van der Waals surface area contributed by atoms with Gasteiger partial charge in [-0.25, -0.2) is 0 Å². The minimum absolute atomic E-state index is 0.0894. The maximum atomic E-state index is 13.1. The molecule has 1 unspecified atom stereocenters. The van der Waals surface area contributed by atoms with E-state index in [0.29, 0.717) is 19.6 Å². The minimum Gasteiger partial charge on any atom is -0.497 e. The van der Waals surface area contributed by atoms with E-state index >= 15 is 0 Å². The van der Waals surface area contributed by atoms with Crippen LogP contribution in [0, 0.1) is 12.3 Å². The summed E-state index contributed by atoms with van der Waals surface area (Å²) in [6.07, 6.45) is 4.44. The van der Waals surface area contributed by atoms with Crippen molar-refractivity contribution in [2.24, 2.45) is 5.41 Å². The Balaban J connectivity index is 1.83. The van der Waals surface area contributed by atoms with E-state index in [0.717, 1.165) is 43.8 Å². The molecule has 2 heterocycles. The summed E-state index contributed by atoms with van der Waals surface area (Å²) in [5.41, 5.74) is 3.00. The highest BCUT2D eigenvalue weighted by molar-refractivity contribution is 5.78. The predicted octanol–water partition coefficient (Wildman–Crippen LogP) is 3.61. The van der Waals surface area contributed by atoms with Crippen LogP contribution in [0.15, 0.2) is 30.5 Å². The van der Waals surface area contributed by atoms with Gasteiger partial charge in [0.2, 0.25) is 0 Å². The molecule has 0 spiro atoms. The fraction of sp³-hybridized carbons (Fsp3) is 0.565. The Morgan fingerprint density at radius 2 is 2.14 bits per heavy atom. The van der Waals surface area contributed by atoms with Crippen molar-refractivity contribution in [3.8, 4) is 5.75 Å². The number of hydrogen-bond donors (Lipinski definition) is 0. The molecular weight excluding hydrogens is 366 g/mol. The molecule has 3 rings (SSSR count). The number of ether oxygens (including phenoxy) is 2. The molecule has 1 aromatic heterocycles. The molecule has 6 heteroatoms. The van der Waals surface area contributed by atoms with E-state index in [-0.39, 0.29) is 5.97 Å². The Kier molecular flexibility index (Phi) is 6.96. The Bertz CT molecular complexity index is 833. The monoisotopic (exact) mass is 399 g/mol. The van der Waals surface area contributed by atoms with Gasteiger partial charge in [-0.1, -0.05) is 12.1 Å². The van der Waals surface area contributed by atoms with Crippen molar-refractivity contribution in [1.82, 2.24) is 14.7 Å². The molecule has 158 valence electrons. The Morgan fingerprint density at radius 1 is 1.31 bits per heavy atom. The topological polar surface area (TPSA) is 56.6 Å². The minimum atomic E-state index is -0.532. The van der Waals surface area contributed by atoms with Crippen molar-refractivity contribution in [2.45, 2.75) is 53.1 Å². The maximum Gasteiger partial charge on any atom is 0.313 e. The summed E-state index contributed by atoms with van der Waals surface area (Å²) in [6, 6.07) is 8.01. The van der Waals surface area contributed by atoms with Crippen LogP contribution >= 0.6 is 0 Å². The third kappa shape index (κ3) is 4.81. The average Bonchev–Trinajstić information content (AvgIpc) is 3.08. The van der Waals surface area contributed by atoms with E-state index in [1.807, 2.05) is 36.0 Å². The van der Waals surface area contributed by atoms with Crippen LogP contribution in [-0.4, -0.2) is 47.5 Å². The first-order chi connectivity index (χ1) is 14.0. The van der Waals surface area contributed by atoms with Gasteiger partial charge in [0, 0.05) is 30.9 Å². The number of rotatable bonds is 8. The molecule has 1 aliphatic heterocycles. The Hall–Kier alpha value is -2.34. The number of aromatic nitrogens is 2. The SMILES string of the molecule is CCOC(=O)C1(Cc2cccc(OC)c2)CCCN(Cc2cnn(CC)c2C)C1. The number of nitrogens with zero attached hydrogens (tertiary/aromatic N) is 3. The first kappa shape index (κ1) is 21.4. The molecule has 2 aromatic rings. The van der Waals surface area contributed by atoms with Crippen molar-refractivity contribution in [1.29, 1.82) is 0 Å². The summed E-state index contributed by atoms with van der Waals surface area (Å²) in [4.78, 5) is 15.5. The molecule has 0 saturated carbocycles. The predicted molar refractivity (Wildman–Crippen MR) is 113 cm³/mol. The third-order valence-electron chi connectivity index (χ3n) is 5.94. The second-order valence-electron chi connectivity index (χ2n) is 7.91. The van der Waals surface area contributed by atoms with Gasteiger partial charge in [0.05, 0.1) is 25.3 Å². The van der Waals surface area contributed by atoms with Crippen LogP contribution in [-0.2, 0) is 29.0 Å². The molecule has 1 aliphatic rings. The molecule has 0 N–H and O–H groups in total. The molecule has 1 fully saturated rings. The number of likely N-dealkylation sites (tertiary alicyclic amines) is 1. The van der Waals surface area contributed by atoms with Crippen molar-refractivity contribution >= 4 is 5.97 Å².